The minimum Gasteiger partial charge on any atom is -0.497 e. The van der Waals surface area contributed by atoms with Crippen molar-refractivity contribution in [2.75, 3.05) is 20.3 Å². The van der Waals surface area contributed by atoms with Gasteiger partial charge in [-0.05, 0) is 42.3 Å². The number of hydrogen-bond acceptors (Lipinski definition) is 6. The first kappa shape index (κ1) is 19.9. The number of rotatable bonds is 8. The van der Waals surface area contributed by atoms with Crippen LogP contribution in [0.5, 0.6) is 11.5 Å². The van der Waals surface area contributed by atoms with Gasteiger partial charge in [-0.3, -0.25) is 4.79 Å². The van der Waals surface area contributed by atoms with Gasteiger partial charge < -0.3 is 18.9 Å². The fourth-order valence-electron chi connectivity index (χ4n) is 3.50. The van der Waals surface area contributed by atoms with Crippen LogP contribution in [0.25, 0.3) is 11.5 Å². The molecule has 1 fully saturated rings. The second kappa shape index (κ2) is 8.98. The lowest BCUT2D eigenvalue weighted by atomic mass is 10.1. The summed E-state index contributed by atoms with van der Waals surface area (Å²) in [6.45, 7) is 3.91. The molecule has 30 heavy (non-hydrogen) atoms. The van der Waals surface area contributed by atoms with Gasteiger partial charge in [0.05, 0.1) is 13.7 Å². The summed E-state index contributed by atoms with van der Waals surface area (Å²) in [6, 6.07) is 15.4. The van der Waals surface area contributed by atoms with Gasteiger partial charge in [-0.25, -0.2) is 0 Å². The van der Waals surface area contributed by atoms with Crippen LogP contribution in [0.4, 0.5) is 0 Å². The molecule has 1 amide bonds. The van der Waals surface area contributed by atoms with E-state index in [1.807, 2.05) is 53.4 Å². The van der Waals surface area contributed by atoms with E-state index in [9.17, 15) is 4.79 Å². The molecule has 0 saturated carbocycles. The fraction of sp³-hybridized carbons (Fsp3) is 0.348. The molecule has 1 aliphatic heterocycles. The first-order valence-electron chi connectivity index (χ1n) is 10.1. The van der Waals surface area contributed by atoms with Gasteiger partial charge in [-0.1, -0.05) is 30.3 Å². The average molecular weight is 407 g/mol. The van der Waals surface area contributed by atoms with Gasteiger partial charge in [0.2, 0.25) is 5.91 Å². The maximum absolute atomic E-state index is 12.5. The van der Waals surface area contributed by atoms with Crippen LogP contribution in [0, 0.1) is 0 Å². The van der Waals surface area contributed by atoms with Gasteiger partial charge in [-0.2, -0.15) is 4.98 Å². The molecule has 7 nitrogen and oxygen atoms in total. The van der Waals surface area contributed by atoms with Crippen molar-refractivity contribution in [3.63, 3.8) is 0 Å². The van der Waals surface area contributed by atoms with E-state index >= 15 is 0 Å². The topological polar surface area (TPSA) is 77.7 Å². The number of hydrogen-bond donors (Lipinski definition) is 0. The second-order valence-corrected chi connectivity index (χ2v) is 7.36. The van der Waals surface area contributed by atoms with Gasteiger partial charge in [0.15, 0.2) is 5.82 Å². The molecular formula is C23H25N3O4. The second-order valence-electron chi connectivity index (χ2n) is 7.36. The van der Waals surface area contributed by atoms with E-state index in [2.05, 4.69) is 17.1 Å². The van der Waals surface area contributed by atoms with Crippen molar-refractivity contribution in [3.05, 3.63) is 59.9 Å². The Kier molecular flexibility index (Phi) is 5.97. The summed E-state index contributed by atoms with van der Waals surface area (Å²) in [6.07, 6.45) is 1.36. The molecule has 156 valence electrons. The van der Waals surface area contributed by atoms with Gasteiger partial charge >= 0.3 is 0 Å². The van der Waals surface area contributed by atoms with Gasteiger partial charge in [-0.15, -0.1) is 0 Å². The molecule has 2 aromatic carbocycles. The third-order valence-corrected chi connectivity index (χ3v) is 5.11. The minimum absolute atomic E-state index is 0.0761. The van der Waals surface area contributed by atoms with E-state index in [4.69, 9.17) is 14.0 Å². The minimum atomic E-state index is -0.0761. The summed E-state index contributed by atoms with van der Waals surface area (Å²) in [5, 5.41) is 4.12. The monoisotopic (exact) mass is 407 g/mol. The van der Waals surface area contributed by atoms with Crippen molar-refractivity contribution < 1.29 is 18.8 Å². The zero-order valence-electron chi connectivity index (χ0n) is 17.2. The highest BCUT2D eigenvalue weighted by molar-refractivity contribution is 5.79. The quantitative estimate of drug-likeness (QED) is 0.561. The highest BCUT2D eigenvalue weighted by Gasteiger charge is 2.33. The van der Waals surface area contributed by atoms with Crippen molar-refractivity contribution in [3.8, 4) is 23.0 Å². The normalized spacial score (nSPS) is 16.1. The molecule has 0 aliphatic carbocycles. The first-order chi connectivity index (χ1) is 14.7. The number of carbonyl (C=O) groups is 1. The summed E-state index contributed by atoms with van der Waals surface area (Å²) < 4.78 is 16.3. The van der Waals surface area contributed by atoms with Crippen molar-refractivity contribution in [2.45, 2.75) is 32.2 Å². The third kappa shape index (κ3) is 4.45. The Bertz CT molecular complexity index is 1000. The average Bonchev–Trinajstić information content (AvgIpc) is 3.41. The molecule has 1 aromatic heterocycles. The first-order valence-corrected chi connectivity index (χ1v) is 10.1. The van der Waals surface area contributed by atoms with Crippen LogP contribution >= 0.6 is 0 Å². The number of amides is 1. The predicted molar refractivity (Wildman–Crippen MR) is 111 cm³/mol. The maximum Gasteiger partial charge on any atom is 0.258 e. The number of methoxy groups -OCH3 is 1. The summed E-state index contributed by atoms with van der Waals surface area (Å²) in [7, 11) is 1.61. The zero-order valence-corrected chi connectivity index (χ0v) is 17.2. The molecule has 1 unspecified atom stereocenters. The lowest BCUT2D eigenvalue weighted by Crippen LogP contribution is -2.24. The van der Waals surface area contributed by atoms with E-state index in [-0.39, 0.29) is 11.8 Å². The van der Waals surface area contributed by atoms with E-state index in [1.54, 1.807) is 7.11 Å². The molecular weight excluding hydrogens is 382 g/mol. The Morgan fingerprint density at radius 1 is 1.17 bits per heavy atom. The maximum atomic E-state index is 12.5. The van der Waals surface area contributed by atoms with Crippen LogP contribution in [0.1, 0.15) is 37.1 Å². The number of carbonyl (C=O) groups excluding carboxylic acids is 1. The van der Waals surface area contributed by atoms with Crippen LogP contribution in [-0.4, -0.2) is 41.2 Å². The molecule has 1 aliphatic rings. The molecule has 0 spiro atoms. The smallest absolute Gasteiger partial charge is 0.258 e. The summed E-state index contributed by atoms with van der Waals surface area (Å²) >= 11 is 0. The van der Waals surface area contributed by atoms with Gasteiger partial charge in [0.1, 0.15) is 11.5 Å². The van der Waals surface area contributed by atoms with E-state index in [0.29, 0.717) is 37.8 Å². The van der Waals surface area contributed by atoms with Crippen LogP contribution in [0.3, 0.4) is 0 Å². The van der Waals surface area contributed by atoms with Crippen molar-refractivity contribution in [2.24, 2.45) is 0 Å². The number of nitrogens with zero attached hydrogens (tertiary/aromatic N) is 3. The molecule has 7 heteroatoms. The van der Waals surface area contributed by atoms with Crippen molar-refractivity contribution >= 4 is 5.91 Å². The van der Waals surface area contributed by atoms with Crippen molar-refractivity contribution in [1.82, 2.24) is 15.0 Å². The molecule has 3 aromatic rings. The fourth-order valence-corrected chi connectivity index (χ4v) is 3.50. The number of likely N-dealkylation sites (tertiary alicyclic amines) is 1. The molecule has 0 radical (unpaired) electrons. The Morgan fingerprint density at radius 2 is 2.00 bits per heavy atom. The zero-order chi connectivity index (χ0) is 20.9. The number of aromatic nitrogens is 2. The van der Waals surface area contributed by atoms with Crippen LogP contribution in [-0.2, 0) is 11.3 Å². The molecule has 2 heterocycles. The standard InChI is InChI=1S/C23H25N3O4/c1-3-11-29-19-9-7-16(8-10-19)14-26-15-18(13-21(26)27)22-24-23(30-25-22)17-5-4-6-20(12-17)28-2/h4-10,12,18H,3,11,13-15H2,1-2H3. The molecule has 0 N–H and O–H groups in total. The number of ether oxygens (including phenoxy) is 2. The van der Waals surface area contributed by atoms with Gasteiger partial charge in [0.25, 0.3) is 5.89 Å². The molecule has 0 bridgehead atoms. The molecule has 1 atom stereocenters. The van der Waals surface area contributed by atoms with E-state index in [1.165, 1.54) is 0 Å². The Balaban J connectivity index is 1.40. The Hall–Kier alpha value is -3.35. The summed E-state index contributed by atoms with van der Waals surface area (Å²) in [4.78, 5) is 18.9. The van der Waals surface area contributed by atoms with Crippen molar-refractivity contribution in [1.29, 1.82) is 0 Å². The van der Waals surface area contributed by atoms with Crippen LogP contribution in [0.2, 0.25) is 0 Å². The van der Waals surface area contributed by atoms with Gasteiger partial charge in [0, 0.05) is 31.0 Å². The van der Waals surface area contributed by atoms with E-state index < -0.39 is 0 Å². The lowest BCUT2D eigenvalue weighted by molar-refractivity contribution is -0.128. The molecule has 4 rings (SSSR count). The lowest BCUT2D eigenvalue weighted by Gasteiger charge is -2.16. The Labute approximate surface area is 175 Å². The SMILES string of the molecule is CCCOc1ccc(CN2CC(c3noc(-c4cccc(OC)c4)n3)CC2=O)cc1. The highest BCUT2D eigenvalue weighted by atomic mass is 16.5. The van der Waals surface area contributed by atoms with Crippen LogP contribution < -0.4 is 9.47 Å². The number of benzene rings is 2. The summed E-state index contributed by atoms with van der Waals surface area (Å²) in [5.41, 5.74) is 1.86. The van der Waals surface area contributed by atoms with E-state index in [0.717, 1.165) is 29.0 Å². The Morgan fingerprint density at radius 3 is 2.77 bits per heavy atom. The molecule has 1 saturated heterocycles. The largest absolute Gasteiger partial charge is 0.497 e. The predicted octanol–water partition coefficient (Wildman–Crippen LogP) is 4.05. The highest BCUT2D eigenvalue weighted by Crippen LogP contribution is 2.30. The summed E-state index contributed by atoms with van der Waals surface area (Å²) in [5.74, 6) is 2.58. The third-order valence-electron chi connectivity index (χ3n) is 5.11. The van der Waals surface area contributed by atoms with Crippen LogP contribution in [0.15, 0.2) is 53.1 Å².